The third kappa shape index (κ3) is 4.15. The van der Waals surface area contributed by atoms with Gasteiger partial charge in [-0.1, -0.05) is 23.5 Å². The van der Waals surface area contributed by atoms with Crippen LogP contribution in [0.1, 0.15) is 6.92 Å². The van der Waals surface area contributed by atoms with Crippen molar-refractivity contribution in [1.29, 1.82) is 0 Å². The van der Waals surface area contributed by atoms with Crippen molar-refractivity contribution in [3.8, 4) is 5.75 Å². The Balaban J connectivity index is 1.75. The zero-order valence-electron chi connectivity index (χ0n) is 16.9. The first kappa shape index (κ1) is 20.6. The molecule has 0 spiro atoms. The van der Waals surface area contributed by atoms with Gasteiger partial charge < -0.3 is 18.5 Å². The molecule has 0 saturated carbocycles. The third-order valence-corrected chi connectivity index (χ3v) is 5.61. The predicted molar refractivity (Wildman–Crippen MR) is 114 cm³/mol. The number of esters is 1. The number of rotatable bonds is 6. The van der Waals surface area contributed by atoms with Crippen LogP contribution in [-0.4, -0.2) is 34.7 Å². The summed E-state index contributed by atoms with van der Waals surface area (Å²) in [5.74, 6) is -0.981. The van der Waals surface area contributed by atoms with Crippen LogP contribution in [0.2, 0.25) is 0 Å². The maximum atomic E-state index is 12.7. The van der Waals surface area contributed by atoms with Crippen molar-refractivity contribution in [3.63, 3.8) is 0 Å². The van der Waals surface area contributed by atoms with E-state index in [2.05, 4.69) is 4.99 Å². The quantitative estimate of drug-likeness (QED) is 0.425. The van der Waals surface area contributed by atoms with Crippen molar-refractivity contribution >= 4 is 44.5 Å². The molecule has 2 heterocycles. The van der Waals surface area contributed by atoms with Crippen molar-refractivity contribution in [2.24, 2.45) is 4.99 Å². The van der Waals surface area contributed by atoms with Crippen molar-refractivity contribution in [2.75, 3.05) is 13.7 Å². The lowest BCUT2D eigenvalue weighted by molar-refractivity contribution is -0.143. The first-order chi connectivity index (χ1) is 15.0. The monoisotopic (exact) mass is 441 g/mol. The molecule has 160 valence electrons. The molecule has 0 N–H and O–H groups in total. The van der Waals surface area contributed by atoms with E-state index in [1.165, 1.54) is 15.9 Å². The zero-order valence-corrected chi connectivity index (χ0v) is 17.7. The summed E-state index contributed by atoms with van der Waals surface area (Å²) in [4.78, 5) is 41.5. The van der Waals surface area contributed by atoms with Gasteiger partial charge in [0.2, 0.25) is 0 Å². The fourth-order valence-electron chi connectivity index (χ4n) is 3.20. The largest absolute Gasteiger partial charge is 0.497 e. The van der Waals surface area contributed by atoms with Crippen LogP contribution >= 0.6 is 11.3 Å². The lowest BCUT2D eigenvalue weighted by Gasteiger charge is -2.05. The number of fused-ring (bicyclic) bond motifs is 2. The molecule has 0 saturated heterocycles. The SMILES string of the molecule is CCOC(=O)Cn1c(=NC(=O)Cn2c(=O)oc3ccccc32)sc2cc(OC)ccc21. The van der Waals surface area contributed by atoms with E-state index in [9.17, 15) is 14.4 Å². The molecule has 0 aliphatic rings. The van der Waals surface area contributed by atoms with Crippen LogP contribution in [0.3, 0.4) is 0 Å². The normalized spacial score (nSPS) is 11.9. The summed E-state index contributed by atoms with van der Waals surface area (Å²) in [5.41, 5.74) is 1.62. The van der Waals surface area contributed by atoms with E-state index in [4.69, 9.17) is 13.9 Å². The number of aromatic nitrogens is 2. The lowest BCUT2D eigenvalue weighted by Crippen LogP contribution is -2.25. The smallest absolute Gasteiger partial charge is 0.420 e. The van der Waals surface area contributed by atoms with Gasteiger partial charge >= 0.3 is 11.7 Å². The number of methoxy groups -OCH3 is 1. The van der Waals surface area contributed by atoms with E-state index >= 15 is 0 Å². The molecule has 0 aliphatic carbocycles. The number of ether oxygens (including phenoxy) is 2. The molecule has 2 aromatic carbocycles. The van der Waals surface area contributed by atoms with E-state index in [1.807, 2.05) is 0 Å². The van der Waals surface area contributed by atoms with Crippen LogP contribution in [0.5, 0.6) is 5.75 Å². The van der Waals surface area contributed by atoms with Gasteiger partial charge in [0, 0.05) is 0 Å². The average Bonchev–Trinajstić information content (AvgIpc) is 3.24. The van der Waals surface area contributed by atoms with Gasteiger partial charge in [0.1, 0.15) is 18.8 Å². The minimum atomic E-state index is -0.634. The maximum absolute atomic E-state index is 12.7. The van der Waals surface area contributed by atoms with Gasteiger partial charge in [-0.2, -0.15) is 4.99 Å². The Morgan fingerprint density at radius 1 is 1.10 bits per heavy atom. The van der Waals surface area contributed by atoms with Crippen molar-refractivity contribution in [3.05, 3.63) is 57.8 Å². The van der Waals surface area contributed by atoms with Crippen molar-refractivity contribution < 1.29 is 23.5 Å². The molecule has 2 aromatic heterocycles. The summed E-state index contributed by atoms with van der Waals surface area (Å²) in [6, 6.07) is 12.2. The molecular weight excluding hydrogens is 422 g/mol. The number of benzene rings is 2. The van der Waals surface area contributed by atoms with E-state index in [1.54, 1.807) is 61.1 Å². The molecule has 4 rings (SSSR count). The molecule has 0 bridgehead atoms. The number of oxazole rings is 1. The molecular formula is C21H19N3O6S. The number of amides is 1. The van der Waals surface area contributed by atoms with Gasteiger partial charge in [-0.15, -0.1) is 0 Å². The molecule has 0 radical (unpaired) electrons. The minimum absolute atomic E-state index is 0.0964. The highest BCUT2D eigenvalue weighted by atomic mass is 32.1. The highest BCUT2D eigenvalue weighted by molar-refractivity contribution is 7.16. The fraction of sp³-hybridized carbons (Fsp3) is 0.238. The van der Waals surface area contributed by atoms with E-state index in [0.717, 1.165) is 10.2 Å². The van der Waals surface area contributed by atoms with Gasteiger partial charge in [0.25, 0.3) is 5.91 Å². The maximum Gasteiger partial charge on any atom is 0.420 e. The van der Waals surface area contributed by atoms with Gasteiger partial charge in [-0.25, -0.2) is 4.79 Å². The highest BCUT2D eigenvalue weighted by Crippen LogP contribution is 2.23. The minimum Gasteiger partial charge on any atom is -0.497 e. The predicted octanol–water partition coefficient (Wildman–Crippen LogP) is 2.31. The first-order valence-corrected chi connectivity index (χ1v) is 10.3. The molecule has 0 fully saturated rings. The Kier molecular flexibility index (Phi) is 5.72. The molecule has 0 atom stereocenters. The number of hydrogen-bond donors (Lipinski definition) is 0. The Bertz CT molecular complexity index is 1410. The molecule has 31 heavy (non-hydrogen) atoms. The van der Waals surface area contributed by atoms with Crippen molar-refractivity contribution in [2.45, 2.75) is 20.0 Å². The summed E-state index contributed by atoms with van der Waals surface area (Å²) >= 11 is 1.24. The van der Waals surface area contributed by atoms with Gasteiger partial charge in [-0.3, -0.25) is 14.2 Å². The second kappa shape index (κ2) is 8.60. The number of carbonyl (C=O) groups excluding carboxylic acids is 2. The molecule has 9 nitrogen and oxygen atoms in total. The summed E-state index contributed by atoms with van der Waals surface area (Å²) in [7, 11) is 1.56. The van der Waals surface area contributed by atoms with E-state index in [0.29, 0.717) is 21.7 Å². The Hall–Kier alpha value is -3.66. The number of para-hydroxylation sites is 2. The first-order valence-electron chi connectivity index (χ1n) is 9.49. The summed E-state index contributed by atoms with van der Waals surface area (Å²) < 4.78 is 19.1. The van der Waals surface area contributed by atoms with Gasteiger partial charge in [0.15, 0.2) is 10.4 Å². The van der Waals surface area contributed by atoms with Crippen LogP contribution in [0.25, 0.3) is 21.3 Å². The number of hydrogen-bond acceptors (Lipinski definition) is 7. The number of thiazole rings is 1. The standard InChI is InChI=1S/C21H19N3O6S/c1-3-29-19(26)12-23-15-9-8-13(28-2)10-17(15)31-20(23)22-18(25)11-24-14-6-4-5-7-16(14)30-21(24)27/h4-10H,3,11-12H2,1-2H3. The Morgan fingerprint density at radius 3 is 2.68 bits per heavy atom. The molecule has 0 aliphatic heterocycles. The molecule has 10 heteroatoms. The summed E-state index contributed by atoms with van der Waals surface area (Å²) in [6.07, 6.45) is 0. The molecule has 1 amide bonds. The number of carbonyl (C=O) groups is 2. The van der Waals surface area contributed by atoms with Crippen LogP contribution in [0.4, 0.5) is 0 Å². The highest BCUT2D eigenvalue weighted by Gasteiger charge is 2.15. The van der Waals surface area contributed by atoms with Crippen LogP contribution in [-0.2, 0) is 27.4 Å². The topological polar surface area (TPSA) is 105 Å². The molecule has 4 aromatic rings. The lowest BCUT2D eigenvalue weighted by atomic mass is 10.3. The Morgan fingerprint density at radius 2 is 1.90 bits per heavy atom. The van der Waals surface area contributed by atoms with E-state index in [-0.39, 0.29) is 19.7 Å². The van der Waals surface area contributed by atoms with E-state index < -0.39 is 17.6 Å². The second-order valence-electron chi connectivity index (χ2n) is 6.54. The fourth-order valence-corrected chi connectivity index (χ4v) is 4.27. The van der Waals surface area contributed by atoms with Crippen LogP contribution in [0.15, 0.2) is 56.7 Å². The van der Waals surface area contributed by atoms with Crippen molar-refractivity contribution in [1.82, 2.24) is 9.13 Å². The third-order valence-electron chi connectivity index (χ3n) is 4.57. The summed E-state index contributed by atoms with van der Waals surface area (Å²) in [6.45, 7) is 1.59. The van der Waals surface area contributed by atoms with Crippen LogP contribution < -0.4 is 15.3 Å². The average molecular weight is 441 g/mol. The number of nitrogens with zero attached hydrogens (tertiary/aromatic N) is 3. The van der Waals surface area contributed by atoms with Gasteiger partial charge in [0.05, 0.1) is 29.5 Å². The zero-order chi connectivity index (χ0) is 22.0. The second-order valence-corrected chi connectivity index (χ2v) is 7.55. The molecule has 0 unspecified atom stereocenters. The van der Waals surface area contributed by atoms with Gasteiger partial charge in [-0.05, 0) is 37.3 Å². The summed E-state index contributed by atoms with van der Waals surface area (Å²) in [5, 5.41) is 0. The van der Waals surface area contributed by atoms with Crippen LogP contribution in [0, 0.1) is 0 Å². The Labute approximate surface area is 179 Å².